The molecule has 1 aromatic heterocycles. The van der Waals surface area contributed by atoms with E-state index in [0.717, 1.165) is 58.6 Å². The first kappa shape index (κ1) is 35.7. The van der Waals surface area contributed by atoms with Crippen LogP contribution in [0.3, 0.4) is 0 Å². The fourth-order valence-corrected chi connectivity index (χ4v) is 5.96. The summed E-state index contributed by atoms with van der Waals surface area (Å²) in [6.07, 6.45) is 1.79. The number of esters is 1. The molecular formula is C39H46N4O6. The highest BCUT2D eigenvalue weighted by molar-refractivity contribution is 5.81. The van der Waals surface area contributed by atoms with Crippen LogP contribution in [0.2, 0.25) is 0 Å². The first-order valence-corrected chi connectivity index (χ1v) is 16.8. The van der Waals surface area contributed by atoms with Gasteiger partial charge in [0.2, 0.25) is 0 Å². The van der Waals surface area contributed by atoms with Crippen LogP contribution < -0.4 is 10.6 Å². The van der Waals surface area contributed by atoms with Gasteiger partial charge in [0.1, 0.15) is 6.54 Å². The molecular weight excluding hydrogens is 620 g/mol. The van der Waals surface area contributed by atoms with Crippen molar-refractivity contribution in [1.82, 2.24) is 20.5 Å². The van der Waals surface area contributed by atoms with Gasteiger partial charge in [0.15, 0.2) is 6.29 Å². The molecule has 1 saturated heterocycles. The summed E-state index contributed by atoms with van der Waals surface area (Å²) in [5.41, 5.74) is 6.76. The van der Waals surface area contributed by atoms with E-state index in [1.165, 1.54) is 0 Å². The van der Waals surface area contributed by atoms with Crippen molar-refractivity contribution in [2.45, 2.75) is 51.9 Å². The summed E-state index contributed by atoms with van der Waals surface area (Å²) in [5, 5.41) is 14.9. The number of hydrogen-bond donors (Lipinski definition) is 3. The van der Waals surface area contributed by atoms with Gasteiger partial charge in [-0.05, 0) is 53.9 Å². The Bertz CT molecular complexity index is 1630. The van der Waals surface area contributed by atoms with Crippen molar-refractivity contribution >= 4 is 12.0 Å². The lowest BCUT2D eigenvalue weighted by Gasteiger charge is -2.42. The molecule has 1 fully saturated rings. The Balaban J connectivity index is 1.29. The molecule has 2 amide bonds. The van der Waals surface area contributed by atoms with Gasteiger partial charge >= 0.3 is 12.0 Å². The fourth-order valence-electron chi connectivity index (χ4n) is 5.96. The molecule has 3 aromatic carbocycles. The largest absolute Gasteiger partial charge is 0.465 e. The zero-order chi connectivity index (χ0) is 34.6. The monoisotopic (exact) mass is 666 g/mol. The van der Waals surface area contributed by atoms with Gasteiger partial charge < -0.3 is 34.9 Å². The normalized spacial score (nSPS) is 19.0. The number of carbonyl (C=O) groups is 2. The Kier molecular flexibility index (Phi) is 12.9. The standard InChI is InChI=1S/C39H46N4O6/c1-4-47-36(45)24-42-39(46)41-23-32-9-5-6-11-34(32)29-16-18-31(19-17-29)38-48-35(25-43(3)22-20-33-10-7-8-21-40-33)27(2)37(49-38)30-14-12-28(26-44)13-15-30/h5-19,21,27,35,37-38,44H,4,20,22-26H2,1-3H3,(H2,41,42,46). The smallest absolute Gasteiger partial charge is 0.325 e. The van der Waals surface area contributed by atoms with Gasteiger partial charge in [-0.15, -0.1) is 0 Å². The van der Waals surface area contributed by atoms with E-state index in [0.29, 0.717) is 0 Å². The van der Waals surface area contributed by atoms with E-state index in [2.05, 4.69) is 34.5 Å². The highest BCUT2D eigenvalue weighted by Crippen LogP contribution is 2.42. The minimum absolute atomic E-state index is 0.00892. The zero-order valence-electron chi connectivity index (χ0n) is 28.4. The molecule has 10 heteroatoms. The van der Waals surface area contributed by atoms with Gasteiger partial charge in [-0.3, -0.25) is 9.78 Å². The number of aromatic nitrogens is 1. The van der Waals surface area contributed by atoms with E-state index in [9.17, 15) is 14.7 Å². The molecule has 4 atom stereocenters. The average molecular weight is 667 g/mol. The fraction of sp³-hybridized carbons (Fsp3) is 0.359. The van der Waals surface area contributed by atoms with Crippen molar-refractivity contribution < 1.29 is 28.9 Å². The number of amides is 2. The van der Waals surface area contributed by atoms with E-state index in [-0.39, 0.29) is 44.4 Å². The summed E-state index contributed by atoms with van der Waals surface area (Å²) in [7, 11) is 2.11. The number of ether oxygens (including phenoxy) is 3. The molecule has 4 aromatic rings. The lowest BCUT2D eigenvalue weighted by molar-refractivity contribution is -0.275. The number of nitrogens with one attached hydrogen (secondary N) is 2. The van der Waals surface area contributed by atoms with Crippen LogP contribution in [0.5, 0.6) is 0 Å². The third-order valence-electron chi connectivity index (χ3n) is 8.74. The number of rotatable bonds is 14. The van der Waals surface area contributed by atoms with Gasteiger partial charge in [0.05, 0.1) is 25.4 Å². The average Bonchev–Trinajstić information content (AvgIpc) is 3.14. The number of nitrogens with zero attached hydrogens (tertiary/aromatic N) is 2. The molecule has 0 aliphatic carbocycles. The van der Waals surface area contributed by atoms with Gasteiger partial charge in [-0.1, -0.05) is 85.8 Å². The molecule has 1 aliphatic heterocycles. The molecule has 49 heavy (non-hydrogen) atoms. The van der Waals surface area contributed by atoms with Crippen LogP contribution in [0.1, 0.15) is 54.2 Å². The minimum atomic E-state index is -0.582. The number of likely N-dealkylation sites (N-methyl/N-ethyl adjacent to an activating group) is 1. The van der Waals surface area contributed by atoms with Crippen molar-refractivity contribution in [3.63, 3.8) is 0 Å². The second kappa shape index (κ2) is 17.7. The number of urea groups is 1. The van der Waals surface area contributed by atoms with Crippen LogP contribution >= 0.6 is 0 Å². The summed E-state index contributed by atoms with van der Waals surface area (Å²) in [5.74, 6) is -0.412. The SMILES string of the molecule is CCOC(=O)CNC(=O)NCc1ccccc1-c1ccc(C2OC(CN(C)CCc3ccccn3)C(C)C(c3ccc(CO)cc3)O2)cc1. The van der Waals surface area contributed by atoms with Crippen molar-refractivity contribution in [3.8, 4) is 11.1 Å². The number of benzene rings is 3. The predicted molar refractivity (Wildman–Crippen MR) is 187 cm³/mol. The molecule has 10 nitrogen and oxygen atoms in total. The van der Waals surface area contributed by atoms with Crippen molar-refractivity contribution in [2.24, 2.45) is 5.92 Å². The Labute approximate surface area is 288 Å². The van der Waals surface area contributed by atoms with Crippen LogP contribution in [0.4, 0.5) is 4.79 Å². The van der Waals surface area contributed by atoms with E-state index in [1.54, 1.807) is 6.92 Å². The third kappa shape index (κ3) is 9.96. The van der Waals surface area contributed by atoms with Crippen LogP contribution in [0.25, 0.3) is 11.1 Å². The minimum Gasteiger partial charge on any atom is -0.465 e. The number of pyridine rings is 1. The molecule has 0 spiro atoms. The highest BCUT2D eigenvalue weighted by atomic mass is 16.7. The Morgan fingerprint density at radius 3 is 2.37 bits per heavy atom. The Morgan fingerprint density at radius 1 is 0.918 bits per heavy atom. The maximum atomic E-state index is 12.3. The number of hydrogen-bond acceptors (Lipinski definition) is 8. The summed E-state index contributed by atoms with van der Waals surface area (Å²) < 4.78 is 18.2. The molecule has 1 aliphatic rings. The lowest BCUT2D eigenvalue weighted by Crippen LogP contribution is -2.43. The molecule has 5 rings (SSSR count). The number of aliphatic hydroxyl groups is 1. The van der Waals surface area contributed by atoms with Crippen LogP contribution in [0.15, 0.2) is 97.2 Å². The van der Waals surface area contributed by atoms with E-state index >= 15 is 0 Å². The zero-order valence-corrected chi connectivity index (χ0v) is 28.4. The summed E-state index contributed by atoms with van der Waals surface area (Å²) >= 11 is 0. The van der Waals surface area contributed by atoms with E-state index in [1.807, 2.05) is 97.2 Å². The van der Waals surface area contributed by atoms with Gasteiger partial charge in [-0.25, -0.2) is 4.79 Å². The number of aliphatic hydroxyl groups excluding tert-OH is 1. The van der Waals surface area contributed by atoms with Crippen LogP contribution in [0, 0.1) is 5.92 Å². The van der Waals surface area contributed by atoms with E-state index in [4.69, 9.17) is 14.2 Å². The first-order chi connectivity index (χ1) is 23.8. The third-order valence-corrected chi connectivity index (χ3v) is 8.74. The molecule has 258 valence electrons. The van der Waals surface area contributed by atoms with Gasteiger partial charge in [0, 0.05) is 49.4 Å². The highest BCUT2D eigenvalue weighted by Gasteiger charge is 2.38. The summed E-state index contributed by atoms with van der Waals surface area (Å²) in [6.45, 7) is 5.81. The van der Waals surface area contributed by atoms with Gasteiger partial charge in [0.25, 0.3) is 0 Å². The Hall–Kier alpha value is -4.61. The van der Waals surface area contributed by atoms with Crippen molar-refractivity contribution in [3.05, 3.63) is 125 Å². The van der Waals surface area contributed by atoms with Crippen LogP contribution in [-0.4, -0.2) is 66.4 Å². The van der Waals surface area contributed by atoms with Crippen molar-refractivity contribution in [1.29, 1.82) is 0 Å². The maximum Gasteiger partial charge on any atom is 0.325 e. The first-order valence-electron chi connectivity index (χ1n) is 16.8. The maximum absolute atomic E-state index is 12.3. The van der Waals surface area contributed by atoms with Gasteiger partial charge in [-0.2, -0.15) is 0 Å². The predicted octanol–water partition coefficient (Wildman–Crippen LogP) is 5.57. The quantitative estimate of drug-likeness (QED) is 0.150. The van der Waals surface area contributed by atoms with Crippen LogP contribution in [-0.2, 0) is 38.6 Å². The Morgan fingerprint density at radius 2 is 1.65 bits per heavy atom. The molecule has 0 radical (unpaired) electrons. The summed E-state index contributed by atoms with van der Waals surface area (Å²) in [6, 6.07) is 29.5. The molecule has 2 heterocycles. The van der Waals surface area contributed by atoms with Crippen molar-refractivity contribution in [2.75, 3.05) is 33.3 Å². The second-order valence-electron chi connectivity index (χ2n) is 12.3. The van der Waals surface area contributed by atoms with E-state index < -0.39 is 18.3 Å². The number of carbonyl (C=O) groups excluding carboxylic acids is 2. The lowest BCUT2D eigenvalue weighted by atomic mass is 9.90. The second-order valence-corrected chi connectivity index (χ2v) is 12.3. The topological polar surface area (TPSA) is 122 Å². The molecule has 4 unspecified atom stereocenters. The molecule has 0 saturated carbocycles. The molecule has 0 bridgehead atoms. The molecule has 3 N–H and O–H groups in total. The summed E-state index contributed by atoms with van der Waals surface area (Å²) in [4.78, 5) is 30.6.